The summed E-state index contributed by atoms with van der Waals surface area (Å²) in [7, 11) is 0. The lowest BCUT2D eigenvalue weighted by atomic mass is 10.1. The van der Waals surface area contributed by atoms with Gasteiger partial charge in [-0.2, -0.15) is 5.26 Å². The molecule has 31 heavy (non-hydrogen) atoms. The van der Waals surface area contributed by atoms with Gasteiger partial charge in [0.1, 0.15) is 24.0 Å². The number of nitrogens with zero attached hydrogens (tertiary/aromatic N) is 2. The zero-order chi connectivity index (χ0) is 22.2. The van der Waals surface area contributed by atoms with Gasteiger partial charge in [0.2, 0.25) is 0 Å². The summed E-state index contributed by atoms with van der Waals surface area (Å²) in [6, 6.07) is 16.0. The predicted molar refractivity (Wildman–Crippen MR) is 117 cm³/mol. The second kappa shape index (κ2) is 10.3. The molecule has 0 aliphatic carbocycles. The van der Waals surface area contributed by atoms with Gasteiger partial charge in [-0.15, -0.1) is 0 Å². The number of hydrogen-bond acceptors (Lipinski definition) is 6. The van der Waals surface area contributed by atoms with Crippen LogP contribution in [0.15, 0.2) is 58.6 Å². The minimum absolute atomic E-state index is 0.0900. The van der Waals surface area contributed by atoms with E-state index >= 15 is 0 Å². The summed E-state index contributed by atoms with van der Waals surface area (Å²) >= 11 is 6.18. The SMILES string of the molecule is CCOc1cc(C=C(C#N)C(=O)Nc2cc(C)on2)ccc1OCc1ccccc1Cl. The average molecular weight is 438 g/mol. The van der Waals surface area contributed by atoms with Crippen molar-refractivity contribution in [2.24, 2.45) is 0 Å². The minimum atomic E-state index is -0.590. The minimum Gasteiger partial charge on any atom is -0.490 e. The molecule has 3 rings (SSSR count). The Kier molecular flexibility index (Phi) is 7.31. The van der Waals surface area contributed by atoms with Gasteiger partial charge in [-0.05, 0) is 43.7 Å². The van der Waals surface area contributed by atoms with E-state index in [1.807, 2.05) is 31.2 Å². The molecule has 0 aliphatic heterocycles. The van der Waals surface area contributed by atoms with Gasteiger partial charge in [0, 0.05) is 16.7 Å². The lowest BCUT2D eigenvalue weighted by Gasteiger charge is -2.13. The fraction of sp³-hybridized carbons (Fsp3) is 0.174. The third kappa shape index (κ3) is 5.87. The van der Waals surface area contributed by atoms with Crippen LogP contribution in [0.25, 0.3) is 6.08 Å². The third-order valence-corrected chi connectivity index (χ3v) is 4.52. The van der Waals surface area contributed by atoms with Crippen molar-refractivity contribution in [1.82, 2.24) is 5.16 Å². The van der Waals surface area contributed by atoms with E-state index in [9.17, 15) is 10.1 Å². The van der Waals surface area contributed by atoms with Crippen LogP contribution in [-0.4, -0.2) is 17.7 Å². The maximum Gasteiger partial charge on any atom is 0.267 e. The predicted octanol–water partition coefficient (Wildman–Crippen LogP) is 5.16. The normalized spacial score (nSPS) is 11.0. The zero-order valence-corrected chi connectivity index (χ0v) is 17.8. The van der Waals surface area contributed by atoms with Crippen molar-refractivity contribution in [2.75, 3.05) is 11.9 Å². The van der Waals surface area contributed by atoms with Crippen LogP contribution in [0, 0.1) is 18.3 Å². The van der Waals surface area contributed by atoms with Crippen molar-refractivity contribution in [3.8, 4) is 17.6 Å². The Morgan fingerprint density at radius 2 is 2.03 bits per heavy atom. The van der Waals surface area contributed by atoms with E-state index < -0.39 is 5.91 Å². The first-order valence-corrected chi connectivity index (χ1v) is 9.87. The highest BCUT2D eigenvalue weighted by atomic mass is 35.5. The average Bonchev–Trinajstić information content (AvgIpc) is 3.17. The van der Waals surface area contributed by atoms with Gasteiger partial charge < -0.3 is 19.3 Å². The molecule has 0 radical (unpaired) electrons. The highest BCUT2D eigenvalue weighted by molar-refractivity contribution is 6.31. The maximum atomic E-state index is 12.4. The molecular weight excluding hydrogens is 418 g/mol. The van der Waals surface area contributed by atoms with E-state index in [0.717, 1.165) is 5.56 Å². The highest BCUT2D eigenvalue weighted by Gasteiger charge is 2.13. The fourth-order valence-electron chi connectivity index (χ4n) is 2.70. The van der Waals surface area contributed by atoms with E-state index in [0.29, 0.717) is 34.5 Å². The molecule has 0 unspecified atom stereocenters. The molecule has 0 spiro atoms. The Morgan fingerprint density at radius 3 is 2.71 bits per heavy atom. The number of benzene rings is 2. The van der Waals surface area contributed by atoms with Crippen molar-refractivity contribution >= 4 is 29.4 Å². The number of rotatable bonds is 8. The van der Waals surface area contributed by atoms with Crippen LogP contribution in [0.2, 0.25) is 5.02 Å². The molecule has 1 aromatic heterocycles. The van der Waals surface area contributed by atoms with Crippen LogP contribution < -0.4 is 14.8 Å². The molecule has 0 atom stereocenters. The second-order valence-electron chi connectivity index (χ2n) is 6.47. The fourth-order valence-corrected chi connectivity index (χ4v) is 2.89. The van der Waals surface area contributed by atoms with Crippen molar-refractivity contribution in [1.29, 1.82) is 5.26 Å². The summed E-state index contributed by atoms with van der Waals surface area (Å²) in [6.07, 6.45) is 1.46. The lowest BCUT2D eigenvalue weighted by Crippen LogP contribution is -2.13. The summed E-state index contributed by atoms with van der Waals surface area (Å²) in [5.41, 5.74) is 1.37. The standard InChI is InChI=1S/C23H20ClN3O4/c1-3-29-21-12-16(8-9-20(21)30-14-17-6-4-5-7-19(17)24)11-18(13-25)23(28)26-22-10-15(2)31-27-22/h4-12H,3,14H2,1-2H3,(H,26,27,28). The summed E-state index contributed by atoms with van der Waals surface area (Å²) in [6.45, 7) is 4.26. The first-order chi connectivity index (χ1) is 15.0. The largest absolute Gasteiger partial charge is 0.490 e. The number of amides is 1. The van der Waals surface area contributed by atoms with E-state index in [-0.39, 0.29) is 18.0 Å². The zero-order valence-electron chi connectivity index (χ0n) is 17.0. The molecular formula is C23H20ClN3O4. The van der Waals surface area contributed by atoms with Crippen LogP contribution in [0.5, 0.6) is 11.5 Å². The Balaban J connectivity index is 1.79. The number of halogens is 1. The number of ether oxygens (including phenoxy) is 2. The Labute approximate surface area is 184 Å². The number of hydrogen-bond donors (Lipinski definition) is 1. The first-order valence-electron chi connectivity index (χ1n) is 9.49. The molecule has 0 fully saturated rings. The molecule has 3 aromatic rings. The third-order valence-electron chi connectivity index (χ3n) is 4.15. The van der Waals surface area contributed by atoms with Crippen molar-refractivity contribution in [3.63, 3.8) is 0 Å². The number of nitrogens with one attached hydrogen (secondary N) is 1. The summed E-state index contributed by atoms with van der Waals surface area (Å²) in [5.74, 6) is 1.22. The van der Waals surface area contributed by atoms with E-state index in [1.54, 1.807) is 37.3 Å². The Hall–Kier alpha value is -3.76. The quantitative estimate of drug-likeness (QED) is 0.386. The molecule has 2 aromatic carbocycles. The van der Waals surface area contributed by atoms with Gasteiger partial charge in [0.05, 0.1) is 6.61 Å². The monoisotopic (exact) mass is 437 g/mol. The van der Waals surface area contributed by atoms with Gasteiger partial charge in [-0.3, -0.25) is 4.79 Å². The molecule has 1 amide bonds. The molecule has 8 heteroatoms. The molecule has 1 heterocycles. The van der Waals surface area contributed by atoms with Gasteiger partial charge in [-0.25, -0.2) is 0 Å². The molecule has 7 nitrogen and oxygen atoms in total. The number of carbonyl (C=O) groups excluding carboxylic acids is 1. The van der Waals surface area contributed by atoms with Gasteiger partial charge >= 0.3 is 0 Å². The summed E-state index contributed by atoms with van der Waals surface area (Å²) in [5, 5.41) is 16.2. The number of aromatic nitrogens is 1. The van der Waals surface area contributed by atoms with Crippen LogP contribution in [0.3, 0.4) is 0 Å². The highest BCUT2D eigenvalue weighted by Crippen LogP contribution is 2.31. The number of aryl methyl sites for hydroxylation is 1. The van der Waals surface area contributed by atoms with E-state index in [2.05, 4.69) is 10.5 Å². The van der Waals surface area contributed by atoms with Gasteiger partial charge in [0.15, 0.2) is 17.3 Å². The molecule has 0 aliphatic rings. The van der Waals surface area contributed by atoms with Crippen molar-refractivity contribution in [3.05, 3.63) is 76.0 Å². The smallest absolute Gasteiger partial charge is 0.267 e. The molecule has 158 valence electrons. The number of carbonyl (C=O) groups is 1. The van der Waals surface area contributed by atoms with Crippen LogP contribution in [-0.2, 0) is 11.4 Å². The Bertz CT molecular complexity index is 1150. The second-order valence-corrected chi connectivity index (χ2v) is 6.87. The van der Waals surface area contributed by atoms with Crippen LogP contribution in [0.1, 0.15) is 23.8 Å². The first kappa shape index (κ1) is 21.9. The Morgan fingerprint density at radius 1 is 1.23 bits per heavy atom. The van der Waals surface area contributed by atoms with Gasteiger partial charge in [0.25, 0.3) is 5.91 Å². The number of anilines is 1. The van der Waals surface area contributed by atoms with Crippen LogP contribution >= 0.6 is 11.6 Å². The summed E-state index contributed by atoms with van der Waals surface area (Å²) in [4.78, 5) is 12.4. The molecule has 0 saturated heterocycles. The molecule has 1 N–H and O–H groups in total. The van der Waals surface area contributed by atoms with E-state index in [1.165, 1.54) is 6.08 Å². The van der Waals surface area contributed by atoms with Crippen LogP contribution in [0.4, 0.5) is 5.82 Å². The van der Waals surface area contributed by atoms with Crippen molar-refractivity contribution in [2.45, 2.75) is 20.5 Å². The van der Waals surface area contributed by atoms with Gasteiger partial charge in [-0.1, -0.05) is 41.0 Å². The molecule has 0 saturated carbocycles. The topological polar surface area (TPSA) is 97.4 Å². The summed E-state index contributed by atoms with van der Waals surface area (Å²) < 4.78 is 16.5. The van der Waals surface area contributed by atoms with Crippen molar-refractivity contribution < 1.29 is 18.8 Å². The molecule has 0 bridgehead atoms. The maximum absolute atomic E-state index is 12.4. The lowest BCUT2D eigenvalue weighted by molar-refractivity contribution is -0.112. The van der Waals surface area contributed by atoms with E-state index in [4.69, 9.17) is 25.6 Å². The number of nitriles is 1.